The fraction of sp³-hybridized carbons (Fsp3) is 0.857. The Morgan fingerprint density at radius 3 is 3.00 bits per heavy atom. The zero-order chi connectivity index (χ0) is 7.73. The van der Waals surface area contributed by atoms with Gasteiger partial charge in [0, 0.05) is 19.6 Å². The summed E-state index contributed by atoms with van der Waals surface area (Å²) in [4.78, 5) is 10.7. The molecule has 0 aromatic heterocycles. The van der Waals surface area contributed by atoms with Gasteiger partial charge in [0.2, 0.25) is 5.91 Å². The minimum Gasteiger partial charge on any atom is -0.378 e. The first-order chi connectivity index (χ1) is 5.31. The zero-order valence-electron chi connectivity index (χ0n) is 6.26. The van der Waals surface area contributed by atoms with Gasteiger partial charge in [-0.25, -0.2) is 0 Å². The molecule has 11 heavy (non-hydrogen) atoms. The molecule has 1 spiro atoms. The van der Waals surface area contributed by atoms with E-state index in [0.717, 1.165) is 13.0 Å². The monoisotopic (exact) mass is 157 g/mol. The van der Waals surface area contributed by atoms with Gasteiger partial charge in [-0.3, -0.25) is 4.79 Å². The Hall–Kier alpha value is -0.610. The van der Waals surface area contributed by atoms with Gasteiger partial charge >= 0.3 is 0 Å². The van der Waals surface area contributed by atoms with Gasteiger partial charge in [-0.05, 0) is 0 Å². The van der Waals surface area contributed by atoms with Crippen LogP contribution in [-0.2, 0) is 14.3 Å². The molecule has 1 unspecified atom stereocenters. The molecule has 0 radical (unpaired) electrons. The summed E-state index contributed by atoms with van der Waals surface area (Å²) < 4.78 is 10.6. The van der Waals surface area contributed by atoms with Crippen LogP contribution in [0.2, 0.25) is 0 Å². The summed E-state index contributed by atoms with van der Waals surface area (Å²) in [7, 11) is 0. The van der Waals surface area contributed by atoms with Crippen LogP contribution >= 0.6 is 0 Å². The van der Waals surface area contributed by atoms with Crippen molar-refractivity contribution < 1.29 is 14.3 Å². The van der Waals surface area contributed by atoms with Crippen molar-refractivity contribution in [3.8, 4) is 0 Å². The van der Waals surface area contributed by atoms with E-state index in [9.17, 15) is 4.79 Å². The number of hydrogen-bond donors (Lipinski definition) is 1. The highest BCUT2D eigenvalue weighted by Crippen LogP contribution is 2.23. The van der Waals surface area contributed by atoms with Crippen LogP contribution in [0.1, 0.15) is 6.42 Å². The van der Waals surface area contributed by atoms with Crippen molar-refractivity contribution in [2.45, 2.75) is 12.0 Å². The van der Waals surface area contributed by atoms with E-state index in [1.807, 2.05) is 0 Å². The number of morpholine rings is 1. The predicted molar refractivity (Wildman–Crippen MR) is 37.1 cm³/mol. The van der Waals surface area contributed by atoms with E-state index in [-0.39, 0.29) is 18.1 Å². The molecule has 2 heterocycles. The first-order valence-corrected chi connectivity index (χ1v) is 3.79. The van der Waals surface area contributed by atoms with Crippen molar-refractivity contribution in [1.29, 1.82) is 0 Å². The zero-order valence-corrected chi connectivity index (χ0v) is 6.26. The van der Waals surface area contributed by atoms with Crippen LogP contribution < -0.4 is 5.32 Å². The molecule has 0 aromatic carbocycles. The topological polar surface area (TPSA) is 47.6 Å². The largest absolute Gasteiger partial charge is 0.378 e. The third kappa shape index (κ3) is 1.23. The Morgan fingerprint density at radius 1 is 1.55 bits per heavy atom. The molecule has 0 bridgehead atoms. The third-order valence-corrected chi connectivity index (χ3v) is 2.18. The molecular weight excluding hydrogens is 146 g/mol. The molecule has 2 fully saturated rings. The predicted octanol–water partition coefficient (Wildman–Crippen LogP) is -0.708. The normalized spacial score (nSPS) is 37.6. The van der Waals surface area contributed by atoms with Gasteiger partial charge < -0.3 is 14.8 Å². The number of hydrogen-bond acceptors (Lipinski definition) is 3. The van der Waals surface area contributed by atoms with E-state index >= 15 is 0 Å². The Labute approximate surface area is 64.9 Å². The van der Waals surface area contributed by atoms with Crippen LogP contribution in [0.5, 0.6) is 0 Å². The van der Waals surface area contributed by atoms with Crippen LogP contribution in [-0.4, -0.2) is 37.9 Å². The second kappa shape index (κ2) is 2.46. The highest BCUT2D eigenvalue weighted by atomic mass is 16.6. The summed E-state index contributed by atoms with van der Waals surface area (Å²) in [5.74, 6) is -0.0254. The van der Waals surface area contributed by atoms with E-state index in [2.05, 4.69) is 5.32 Å². The van der Waals surface area contributed by atoms with Crippen molar-refractivity contribution in [3.63, 3.8) is 0 Å². The number of amides is 1. The SMILES string of the molecule is O=C1COC2(CCOC2)CN1. The lowest BCUT2D eigenvalue weighted by atomic mass is 10.0. The van der Waals surface area contributed by atoms with E-state index in [1.165, 1.54) is 0 Å². The maximum atomic E-state index is 10.7. The minimum absolute atomic E-state index is 0.0254. The molecule has 1 amide bonds. The van der Waals surface area contributed by atoms with Gasteiger partial charge in [-0.2, -0.15) is 0 Å². The first kappa shape index (κ1) is 7.06. The standard InChI is InChI=1S/C7H11NO3/c9-6-3-11-7(4-8-6)1-2-10-5-7/h1-5H2,(H,8,9). The van der Waals surface area contributed by atoms with Gasteiger partial charge in [0.1, 0.15) is 12.2 Å². The third-order valence-electron chi connectivity index (χ3n) is 2.18. The van der Waals surface area contributed by atoms with E-state index in [0.29, 0.717) is 13.2 Å². The first-order valence-electron chi connectivity index (χ1n) is 3.79. The lowest BCUT2D eigenvalue weighted by Crippen LogP contribution is -2.52. The smallest absolute Gasteiger partial charge is 0.246 e. The molecule has 2 rings (SSSR count). The number of ether oxygens (including phenoxy) is 2. The fourth-order valence-corrected chi connectivity index (χ4v) is 1.42. The van der Waals surface area contributed by atoms with E-state index in [4.69, 9.17) is 9.47 Å². The second-order valence-corrected chi connectivity index (χ2v) is 3.05. The maximum absolute atomic E-state index is 10.7. The van der Waals surface area contributed by atoms with Crippen LogP contribution in [0.4, 0.5) is 0 Å². The molecule has 62 valence electrons. The summed E-state index contributed by atoms with van der Waals surface area (Å²) in [5, 5.41) is 2.77. The lowest BCUT2D eigenvalue weighted by molar-refractivity contribution is -0.143. The molecule has 0 aromatic rings. The summed E-state index contributed by atoms with van der Waals surface area (Å²) in [6.45, 7) is 2.15. The van der Waals surface area contributed by atoms with Crippen molar-refractivity contribution in [2.75, 3.05) is 26.4 Å². The van der Waals surface area contributed by atoms with Crippen LogP contribution in [0.3, 0.4) is 0 Å². The van der Waals surface area contributed by atoms with Crippen molar-refractivity contribution in [3.05, 3.63) is 0 Å². The van der Waals surface area contributed by atoms with Gasteiger partial charge in [0.25, 0.3) is 0 Å². The van der Waals surface area contributed by atoms with Crippen LogP contribution in [0, 0.1) is 0 Å². The molecule has 0 aliphatic carbocycles. The summed E-state index contributed by atoms with van der Waals surface area (Å²) in [6.07, 6.45) is 0.896. The molecule has 2 aliphatic heterocycles. The minimum atomic E-state index is -0.200. The Kier molecular flexibility index (Phi) is 1.58. The summed E-state index contributed by atoms with van der Waals surface area (Å²) >= 11 is 0. The molecule has 4 heteroatoms. The number of nitrogens with one attached hydrogen (secondary N) is 1. The Balaban J connectivity index is 1.99. The quantitative estimate of drug-likeness (QED) is 0.505. The molecule has 4 nitrogen and oxygen atoms in total. The Morgan fingerprint density at radius 2 is 2.45 bits per heavy atom. The lowest BCUT2D eigenvalue weighted by Gasteiger charge is -2.31. The molecule has 1 atom stereocenters. The summed E-state index contributed by atoms with van der Waals surface area (Å²) in [5.41, 5.74) is -0.200. The van der Waals surface area contributed by atoms with Crippen molar-refractivity contribution >= 4 is 5.91 Å². The van der Waals surface area contributed by atoms with Crippen LogP contribution in [0.15, 0.2) is 0 Å². The molecular formula is C7H11NO3. The maximum Gasteiger partial charge on any atom is 0.246 e. The highest BCUT2D eigenvalue weighted by molar-refractivity contribution is 5.78. The molecule has 0 saturated carbocycles. The van der Waals surface area contributed by atoms with Crippen molar-refractivity contribution in [1.82, 2.24) is 5.32 Å². The van der Waals surface area contributed by atoms with Crippen LogP contribution in [0.25, 0.3) is 0 Å². The average molecular weight is 157 g/mol. The number of carbonyl (C=O) groups excluding carboxylic acids is 1. The van der Waals surface area contributed by atoms with E-state index < -0.39 is 0 Å². The van der Waals surface area contributed by atoms with Gasteiger partial charge in [0.15, 0.2) is 0 Å². The molecule has 2 saturated heterocycles. The van der Waals surface area contributed by atoms with Gasteiger partial charge in [0.05, 0.1) is 6.61 Å². The number of carbonyl (C=O) groups is 1. The second-order valence-electron chi connectivity index (χ2n) is 3.05. The van der Waals surface area contributed by atoms with Crippen molar-refractivity contribution in [2.24, 2.45) is 0 Å². The fourth-order valence-electron chi connectivity index (χ4n) is 1.42. The molecule has 2 aliphatic rings. The van der Waals surface area contributed by atoms with Gasteiger partial charge in [-0.1, -0.05) is 0 Å². The van der Waals surface area contributed by atoms with E-state index in [1.54, 1.807) is 0 Å². The highest BCUT2D eigenvalue weighted by Gasteiger charge is 2.39. The van der Waals surface area contributed by atoms with Gasteiger partial charge in [-0.15, -0.1) is 0 Å². The molecule has 1 N–H and O–H groups in total. The average Bonchev–Trinajstić information content (AvgIpc) is 2.45. The Bertz CT molecular complexity index is 163. The number of rotatable bonds is 0. The summed E-state index contributed by atoms with van der Waals surface area (Å²) in [6, 6.07) is 0.